The van der Waals surface area contributed by atoms with Crippen LogP contribution in [0, 0.1) is 5.82 Å². The van der Waals surface area contributed by atoms with Crippen LogP contribution in [-0.4, -0.2) is 30.0 Å². The summed E-state index contributed by atoms with van der Waals surface area (Å²) in [5.74, 6) is -0.281. The number of nitrogens with zero attached hydrogens (tertiary/aromatic N) is 2. The summed E-state index contributed by atoms with van der Waals surface area (Å²) in [6, 6.07) is 5.90. The molecule has 1 aliphatic heterocycles. The van der Waals surface area contributed by atoms with Crippen LogP contribution < -0.4 is 10.7 Å². The summed E-state index contributed by atoms with van der Waals surface area (Å²) in [5.41, 5.74) is 6.43. The first-order chi connectivity index (χ1) is 8.08. The fourth-order valence-electron chi connectivity index (χ4n) is 1.98. The topological polar surface area (TPSA) is 49.6 Å². The molecule has 17 heavy (non-hydrogen) atoms. The van der Waals surface area contributed by atoms with Crippen LogP contribution in [0.25, 0.3) is 0 Å². The summed E-state index contributed by atoms with van der Waals surface area (Å²) in [5, 5.41) is 3.49. The molecule has 0 saturated carbocycles. The molecule has 2 N–H and O–H groups in total. The monoisotopic (exact) mass is 237 g/mol. The van der Waals surface area contributed by atoms with Crippen molar-refractivity contribution in [2.24, 2.45) is 5.73 Å². The minimum atomic E-state index is -0.306. The Hall–Kier alpha value is -1.46. The molecule has 4 nitrogen and oxygen atoms in total. The highest BCUT2D eigenvalue weighted by Crippen LogP contribution is 2.22. The molecule has 1 atom stereocenters. The third-order valence-electron chi connectivity index (χ3n) is 2.67. The van der Waals surface area contributed by atoms with Crippen LogP contribution in [0.2, 0.25) is 0 Å². The summed E-state index contributed by atoms with van der Waals surface area (Å²) in [4.78, 5) is 11.8. The lowest BCUT2D eigenvalue weighted by molar-refractivity contribution is -0.118. The molecule has 0 radical (unpaired) electrons. The van der Waals surface area contributed by atoms with Crippen molar-refractivity contribution >= 4 is 11.6 Å². The van der Waals surface area contributed by atoms with Gasteiger partial charge in [-0.3, -0.25) is 4.79 Å². The molecule has 1 aliphatic rings. The van der Waals surface area contributed by atoms with Gasteiger partial charge >= 0.3 is 0 Å². The highest BCUT2D eigenvalue weighted by molar-refractivity contribution is 5.94. The van der Waals surface area contributed by atoms with Gasteiger partial charge in [0, 0.05) is 25.6 Å². The quantitative estimate of drug-likeness (QED) is 0.857. The minimum absolute atomic E-state index is 0.0103. The van der Waals surface area contributed by atoms with E-state index in [0.29, 0.717) is 25.2 Å². The van der Waals surface area contributed by atoms with Crippen LogP contribution in [0.4, 0.5) is 10.1 Å². The van der Waals surface area contributed by atoms with Crippen LogP contribution in [0.5, 0.6) is 0 Å². The van der Waals surface area contributed by atoms with Crippen LogP contribution in [-0.2, 0) is 4.79 Å². The fourth-order valence-corrected chi connectivity index (χ4v) is 1.98. The molecule has 2 rings (SSSR count). The maximum absolute atomic E-state index is 12.8. The van der Waals surface area contributed by atoms with Crippen molar-refractivity contribution in [1.29, 1.82) is 0 Å². The molecule has 0 spiro atoms. The molecular formula is C12H16FN3O. The Morgan fingerprint density at radius 1 is 1.41 bits per heavy atom. The summed E-state index contributed by atoms with van der Waals surface area (Å²) < 4.78 is 12.8. The van der Waals surface area contributed by atoms with Crippen molar-refractivity contribution in [2.45, 2.75) is 19.4 Å². The van der Waals surface area contributed by atoms with Gasteiger partial charge in [-0.25, -0.2) is 14.4 Å². The van der Waals surface area contributed by atoms with E-state index in [2.05, 4.69) is 0 Å². The van der Waals surface area contributed by atoms with E-state index >= 15 is 0 Å². The minimum Gasteiger partial charge on any atom is -0.327 e. The average molecular weight is 237 g/mol. The lowest BCUT2D eigenvalue weighted by Gasteiger charge is -2.29. The molecule has 0 aliphatic carbocycles. The largest absolute Gasteiger partial charge is 0.327 e. The molecule has 1 heterocycles. The third-order valence-corrected chi connectivity index (χ3v) is 2.67. The number of hydrogen-bond acceptors (Lipinski definition) is 3. The number of amides is 1. The van der Waals surface area contributed by atoms with Crippen LogP contribution in [0.1, 0.15) is 13.3 Å². The number of hydrazine groups is 1. The standard InChI is InChI=1S/C12H16FN3O/c1-9(14)8-15-7-6-12(17)16(15)11-4-2-10(13)3-5-11/h2-5,9H,6-8,14H2,1H3. The van der Waals surface area contributed by atoms with Crippen molar-refractivity contribution in [3.05, 3.63) is 30.1 Å². The van der Waals surface area contributed by atoms with Gasteiger partial charge < -0.3 is 5.73 Å². The first-order valence-electron chi connectivity index (χ1n) is 5.67. The summed E-state index contributed by atoms with van der Waals surface area (Å²) in [6.45, 7) is 3.17. The van der Waals surface area contributed by atoms with E-state index in [-0.39, 0.29) is 17.8 Å². The Labute approximate surface area is 99.8 Å². The lowest BCUT2D eigenvalue weighted by Crippen LogP contribution is -2.44. The SMILES string of the molecule is CC(N)CN1CCC(=O)N1c1ccc(F)cc1. The molecule has 92 valence electrons. The highest BCUT2D eigenvalue weighted by Gasteiger charge is 2.30. The zero-order chi connectivity index (χ0) is 12.4. The Morgan fingerprint density at radius 3 is 2.65 bits per heavy atom. The number of halogens is 1. The first kappa shape index (κ1) is 12.0. The second-order valence-electron chi connectivity index (χ2n) is 4.32. The van der Waals surface area contributed by atoms with Crippen LogP contribution >= 0.6 is 0 Å². The van der Waals surface area contributed by atoms with Gasteiger partial charge in [-0.15, -0.1) is 0 Å². The van der Waals surface area contributed by atoms with E-state index in [1.165, 1.54) is 12.1 Å². The van der Waals surface area contributed by atoms with Gasteiger partial charge in [-0.2, -0.15) is 0 Å². The van der Waals surface area contributed by atoms with E-state index in [1.54, 1.807) is 17.1 Å². The number of anilines is 1. The van der Waals surface area contributed by atoms with E-state index in [9.17, 15) is 9.18 Å². The number of nitrogens with two attached hydrogens (primary N) is 1. The van der Waals surface area contributed by atoms with E-state index in [4.69, 9.17) is 5.73 Å². The van der Waals surface area contributed by atoms with Crippen molar-refractivity contribution in [3.63, 3.8) is 0 Å². The van der Waals surface area contributed by atoms with E-state index in [0.717, 1.165) is 0 Å². The Balaban J connectivity index is 2.21. The summed E-state index contributed by atoms with van der Waals surface area (Å²) in [7, 11) is 0. The zero-order valence-corrected chi connectivity index (χ0v) is 9.77. The van der Waals surface area contributed by atoms with Crippen molar-refractivity contribution in [3.8, 4) is 0 Å². The molecule has 1 unspecified atom stereocenters. The van der Waals surface area contributed by atoms with Gasteiger partial charge in [-0.05, 0) is 31.2 Å². The van der Waals surface area contributed by atoms with Gasteiger partial charge in [0.1, 0.15) is 5.82 Å². The number of rotatable bonds is 3. The molecule has 1 aromatic rings. The summed E-state index contributed by atoms with van der Waals surface area (Å²) in [6.07, 6.45) is 0.476. The molecule has 5 heteroatoms. The summed E-state index contributed by atoms with van der Waals surface area (Å²) >= 11 is 0. The first-order valence-corrected chi connectivity index (χ1v) is 5.67. The Morgan fingerprint density at radius 2 is 2.06 bits per heavy atom. The van der Waals surface area contributed by atoms with E-state index < -0.39 is 0 Å². The van der Waals surface area contributed by atoms with Gasteiger partial charge in [-0.1, -0.05) is 0 Å². The molecule has 1 saturated heterocycles. The molecule has 0 bridgehead atoms. The molecule has 1 amide bonds. The van der Waals surface area contributed by atoms with Gasteiger partial charge in [0.2, 0.25) is 5.91 Å². The van der Waals surface area contributed by atoms with Gasteiger partial charge in [0.15, 0.2) is 0 Å². The normalized spacial score (nSPS) is 18.8. The zero-order valence-electron chi connectivity index (χ0n) is 9.77. The van der Waals surface area contributed by atoms with Gasteiger partial charge in [0.05, 0.1) is 5.69 Å². The second-order valence-corrected chi connectivity index (χ2v) is 4.32. The van der Waals surface area contributed by atoms with Crippen LogP contribution in [0.15, 0.2) is 24.3 Å². The van der Waals surface area contributed by atoms with Crippen molar-refractivity contribution in [2.75, 3.05) is 18.1 Å². The molecule has 1 aromatic carbocycles. The molecule has 0 aromatic heterocycles. The van der Waals surface area contributed by atoms with E-state index in [1.807, 2.05) is 11.9 Å². The lowest BCUT2D eigenvalue weighted by atomic mass is 10.3. The smallest absolute Gasteiger partial charge is 0.242 e. The number of carbonyl (C=O) groups is 1. The molecule has 1 fully saturated rings. The average Bonchev–Trinajstić information content (AvgIpc) is 2.61. The number of hydrogen-bond donors (Lipinski definition) is 1. The second kappa shape index (κ2) is 4.81. The highest BCUT2D eigenvalue weighted by atomic mass is 19.1. The van der Waals surface area contributed by atoms with Crippen molar-refractivity contribution in [1.82, 2.24) is 5.01 Å². The maximum Gasteiger partial charge on any atom is 0.242 e. The fraction of sp³-hybridized carbons (Fsp3) is 0.417. The predicted molar refractivity (Wildman–Crippen MR) is 63.7 cm³/mol. The number of benzene rings is 1. The Kier molecular flexibility index (Phi) is 3.40. The van der Waals surface area contributed by atoms with Crippen LogP contribution in [0.3, 0.4) is 0 Å². The van der Waals surface area contributed by atoms with Gasteiger partial charge in [0.25, 0.3) is 0 Å². The molecular weight excluding hydrogens is 221 g/mol. The maximum atomic E-state index is 12.8. The third kappa shape index (κ3) is 2.62. The van der Waals surface area contributed by atoms with Crippen molar-refractivity contribution < 1.29 is 9.18 Å². The predicted octanol–water partition coefficient (Wildman–Crippen LogP) is 1.13. The Bertz CT molecular complexity index is 405. The number of carbonyl (C=O) groups excluding carboxylic acids is 1.